The fourth-order valence-corrected chi connectivity index (χ4v) is 4.06. The Morgan fingerprint density at radius 2 is 2.19 bits per heavy atom. The number of aliphatic hydroxyl groups is 1. The van der Waals surface area contributed by atoms with Gasteiger partial charge in [0.25, 0.3) is 0 Å². The highest BCUT2D eigenvalue weighted by Gasteiger charge is 2.35. The SMILES string of the molecule is CC(=O)NC[C@H]1CN(c2ccc(N3CCC(O)(Cc4ncc[nH]4)CC3)c(F)c2)C(=O)O1. The van der Waals surface area contributed by atoms with Crippen molar-refractivity contribution in [3.05, 3.63) is 42.2 Å². The zero-order chi connectivity index (χ0) is 22.0. The van der Waals surface area contributed by atoms with Gasteiger partial charge >= 0.3 is 6.09 Å². The van der Waals surface area contributed by atoms with Crippen LogP contribution in [0.15, 0.2) is 30.6 Å². The van der Waals surface area contributed by atoms with E-state index in [2.05, 4.69) is 15.3 Å². The topological polar surface area (TPSA) is 111 Å². The Bertz CT molecular complexity index is 943. The van der Waals surface area contributed by atoms with Gasteiger partial charge in [0.1, 0.15) is 17.7 Å². The third kappa shape index (κ3) is 4.79. The highest BCUT2D eigenvalue weighted by atomic mass is 19.1. The van der Waals surface area contributed by atoms with Crippen LogP contribution in [0.5, 0.6) is 0 Å². The monoisotopic (exact) mass is 431 g/mol. The maximum absolute atomic E-state index is 14.9. The average Bonchev–Trinajstić information content (AvgIpc) is 3.36. The predicted molar refractivity (Wildman–Crippen MR) is 111 cm³/mol. The maximum atomic E-state index is 14.9. The molecule has 0 aliphatic carbocycles. The highest BCUT2D eigenvalue weighted by Crippen LogP contribution is 2.32. The number of anilines is 2. The molecule has 4 rings (SSSR count). The van der Waals surface area contributed by atoms with Crippen LogP contribution in [0.1, 0.15) is 25.6 Å². The number of carbonyl (C=O) groups excluding carboxylic acids is 2. The van der Waals surface area contributed by atoms with E-state index in [0.29, 0.717) is 43.7 Å². The number of hydrogen-bond acceptors (Lipinski definition) is 6. The predicted octanol–water partition coefficient (Wildman–Crippen LogP) is 1.58. The molecule has 2 aliphatic rings. The normalized spacial score (nSPS) is 20.6. The molecule has 1 aromatic carbocycles. The van der Waals surface area contributed by atoms with E-state index in [9.17, 15) is 19.1 Å². The number of cyclic esters (lactones) is 1. The summed E-state index contributed by atoms with van der Waals surface area (Å²) in [5.74, 6) is 0.0929. The molecule has 10 heteroatoms. The number of benzene rings is 1. The van der Waals surface area contributed by atoms with E-state index in [1.54, 1.807) is 24.5 Å². The van der Waals surface area contributed by atoms with Crippen LogP contribution in [0.25, 0.3) is 0 Å². The van der Waals surface area contributed by atoms with Gasteiger partial charge in [-0.3, -0.25) is 9.69 Å². The summed E-state index contributed by atoms with van der Waals surface area (Å²) < 4.78 is 20.1. The molecule has 2 aliphatic heterocycles. The molecule has 0 unspecified atom stereocenters. The number of halogens is 1. The minimum absolute atomic E-state index is 0.206. The first-order chi connectivity index (χ1) is 14.8. The Hall–Kier alpha value is -3.14. The van der Waals surface area contributed by atoms with Gasteiger partial charge in [0.2, 0.25) is 5.91 Å². The number of ether oxygens (including phenoxy) is 1. The molecule has 2 saturated heterocycles. The molecule has 31 heavy (non-hydrogen) atoms. The number of nitrogens with one attached hydrogen (secondary N) is 2. The van der Waals surface area contributed by atoms with Crippen molar-refractivity contribution in [2.24, 2.45) is 0 Å². The van der Waals surface area contributed by atoms with Gasteiger partial charge in [0, 0.05) is 38.8 Å². The van der Waals surface area contributed by atoms with E-state index >= 15 is 0 Å². The van der Waals surface area contributed by atoms with Gasteiger partial charge in [-0.2, -0.15) is 0 Å². The van der Waals surface area contributed by atoms with Gasteiger partial charge in [-0.05, 0) is 31.0 Å². The first-order valence-electron chi connectivity index (χ1n) is 10.3. The molecule has 3 heterocycles. The number of imidazole rings is 1. The van der Waals surface area contributed by atoms with Gasteiger partial charge in [-0.1, -0.05) is 0 Å². The Kier molecular flexibility index (Phi) is 5.81. The lowest BCUT2D eigenvalue weighted by Crippen LogP contribution is -2.46. The average molecular weight is 431 g/mol. The smallest absolute Gasteiger partial charge is 0.414 e. The molecule has 166 valence electrons. The first kappa shape index (κ1) is 21.1. The molecule has 2 aromatic rings. The zero-order valence-corrected chi connectivity index (χ0v) is 17.3. The molecule has 0 radical (unpaired) electrons. The quantitative estimate of drug-likeness (QED) is 0.641. The van der Waals surface area contributed by atoms with Crippen LogP contribution in [-0.2, 0) is 16.0 Å². The summed E-state index contributed by atoms with van der Waals surface area (Å²) in [4.78, 5) is 33.6. The van der Waals surface area contributed by atoms with Gasteiger partial charge in [0.15, 0.2) is 0 Å². The standard InChI is InChI=1S/C21H26FN5O4/c1-14(28)25-12-16-13-27(20(29)31-16)15-2-3-18(17(22)10-15)26-8-4-21(30,5-9-26)11-19-23-6-7-24-19/h2-3,6-7,10,16,30H,4-5,8-9,11-13H2,1H3,(H,23,24)(H,25,28)/t16-/m0/s1. The lowest BCUT2D eigenvalue weighted by molar-refractivity contribution is -0.119. The molecule has 1 aromatic heterocycles. The number of aromatic amines is 1. The van der Waals surface area contributed by atoms with Crippen LogP contribution in [-0.4, -0.2) is 65.0 Å². The Labute approximate surface area is 179 Å². The van der Waals surface area contributed by atoms with E-state index in [0.717, 1.165) is 5.82 Å². The van der Waals surface area contributed by atoms with Crippen molar-refractivity contribution in [3.8, 4) is 0 Å². The summed E-state index contributed by atoms with van der Waals surface area (Å²) >= 11 is 0. The molecule has 9 nitrogen and oxygen atoms in total. The zero-order valence-electron chi connectivity index (χ0n) is 17.3. The molecule has 3 N–H and O–H groups in total. The number of rotatable bonds is 6. The summed E-state index contributed by atoms with van der Waals surface area (Å²) in [5.41, 5.74) is -0.0263. The van der Waals surface area contributed by atoms with E-state index in [-0.39, 0.29) is 19.0 Å². The largest absolute Gasteiger partial charge is 0.442 e. The fourth-order valence-electron chi connectivity index (χ4n) is 4.06. The number of amides is 2. The molecule has 2 amide bonds. The lowest BCUT2D eigenvalue weighted by Gasteiger charge is -2.39. The second kappa shape index (κ2) is 8.54. The van der Waals surface area contributed by atoms with Crippen molar-refractivity contribution < 1.29 is 23.8 Å². The van der Waals surface area contributed by atoms with E-state index < -0.39 is 23.6 Å². The second-order valence-corrected chi connectivity index (χ2v) is 8.11. The van der Waals surface area contributed by atoms with Gasteiger partial charge < -0.3 is 25.0 Å². The van der Waals surface area contributed by atoms with Crippen molar-refractivity contribution in [2.75, 3.05) is 36.0 Å². The number of nitrogens with zero attached hydrogens (tertiary/aromatic N) is 3. The van der Waals surface area contributed by atoms with Crippen molar-refractivity contribution in [2.45, 2.75) is 37.9 Å². The van der Waals surface area contributed by atoms with E-state index in [1.165, 1.54) is 17.9 Å². The third-order valence-electron chi connectivity index (χ3n) is 5.78. The Balaban J connectivity index is 1.38. The van der Waals surface area contributed by atoms with Crippen molar-refractivity contribution in [1.29, 1.82) is 0 Å². The minimum atomic E-state index is -0.868. The van der Waals surface area contributed by atoms with Crippen LogP contribution in [0.3, 0.4) is 0 Å². The number of aromatic nitrogens is 2. The van der Waals surface area contributed by atoms with Crippen LogP contribution >= 0.6 is 0 Å². The fraction of sp³-hybridized carbons (Fsp3) is 0.476. The van der Waals surface area contributed by atoms with Crippen molar-refractivity contribution >= 4 is 23.4 Å². The summed E-state index contributed by atoms with van der Waals surface area (Å²) in [6.07, 6.45) is 3.77. The summed E-state index contributed by atoms with van der Waals surface area (Å²) in [6.45, 7) is 2.87. The number of piperidine rings is 1. The third-order valence-corrected chi connectivity index (χ3v) is 5.78. The van der Waals surface area contributed by atoms with Gasteiger partial charge in [0.05, 0.1) is 30.1 Å². The van der Waals surface area contributed by atoms with Crippen LogP contribution in [0.4, 0.5) is 20.6 Å². The summed E-state index contributed by atoms with van der Waals surface area (Å²) in [7, 11) is 0. The van der Waals surface area contributed by atoms with Crippen LogP contribution in [0.2, 0.25) is 0 Å². The first-order valence-corrected chi connectivity index (χ1v) is 10.3. The van der Waals surface area contributed by atoms with Gasteiger partial charge in [-0.25, -0.2) is 14.2 Å². The number of H-pyrrole nitrogens is 1. The molecule has 2 fully saturated rings. The molecular weight excluding hydrogens is 405 g/mol. The molecule has 0 saturated carbocycles. The number of carbonyl (C=O) groups is 2. The van der Waals surface area contributed by atoms with Crippen LogP contribution in [0, 0.1) is 5.82 Å². The summed E-state index contributed by atoms with van der Waals surface area (Å²) in [6, 6.07) is 4.65. The minimum Gasteiger partial charge on any atom is -0.442 e. The second-order valence-electron chi connectivity index (χ2n) is 8.11. The number of hydrogen-bond donors (Lipinski definition) is 3. The molecule has 1 atom stereocenters. The van der Waals surface area contributed by atoms with Crippen molar-refractivity contribution in [3.63, 3.8) is 0 Å². The lowest BCUT2D eigenvalue weighted by atomic mass is 9.87. The van der Waals surface area contributed by atoms with Crippen LogP contribution < -0.4 is 15.1 Å². The molecule has 0 spiro atoms. The van der Waals surface area contributed by atoms with E-state index in [4.69, 9.17) is 4.74 Å². The highest BCUT2D eigenvalue weighted by molar-refractivity contribution is 5.90. The van der Waals surface area contributed by atoms with E-state index in [1.807, 2.05) is 4.90 Å². The molecular formula is C21H26FN5O4. The molecule has 0 bridgehead atoms. The summed E-state index contributed by atoms with van der Waals surface area (Å²) in [5, 5.41) is 13.4. The Morgan fingerprint density at radius 1 is 1.42 bits per heavy atom. The maximum Gasteiger partial charge on any atom is 0.414 e. The van der Waals surface area contributed by atoms with Crippen molar-refractivity contribution in [1.82, 2.24) is 15.3 Å². The Morgan fingerprint density at radius 3 is 2.84 bits per heavy atom. The van der Waals surface area contributed by atoms with Gasteiger partial charge in [-0.15, -0.1) is 0 Å².